The maximum absolute atomic E-state index is 12.8. The summed E-state index contributed by atoms with van der Waals surface area (Å²) in [6.07, 6.45) is 2.29. The summed E-state index contributed by atoms with van der Waals surface area (Å²) in [6, 6.07) is 15.9. The van der Waals surface area contributed by atoms with Crippen molar-refractivity contribution < 1.29 is 4.79 Å². The lowest BCUT2D eigenvalue weighted by atomic mass is 10.0. The molecule has 0 atom stereocenters. The summed E-state index contributed by atoms with van der Waals surface area (Å²) >= 11 is 6.13. The number of aryl methyl sites for hydroxylation is 3. The van der Waals surface area contributed by atoms with Gasteiger partial charge in [0.25, 0.3) is 5.91 Å². The monoisotopic (exact) mass is 418 g/mol. The van der Waals surface area contributed by atoms with Gasteiger partial charge in [-0.3, -0.25) is 4.79 Å². The number of fused-ring (bicyclic) bond motifs is 1. The highest BCUT2D eigenvalue weighted by Gasteiger charge is 2.18. The maximum atomic E-state index is 12.8. The summed E-state index contributed by atoms with van der Waals surface area (Å²) in [5.74, 6) is -0.181. The summed E-state index contributed by atoms with van der Waals surface area (Å²) < 4.78 is 1.74. The molecule has 5 nitrogen and oxygen atoms in total. The molecule has 0 aliphatic rings. The predicted octanol–water partition coefficient (Wildman–Crippen LogP) is 4.83. The molecule has 0 saturated heterocycles. The van der Waals surface area contributed by atoms with Crippen LogP contribution in [0.3, 0.4) is 0 Å². The number of halogens is 1. The van der Waals surface area contributed by atoms with E-state index in [-0.39, 0.29) is 5.91 Å². The molecule has 0 aliphatic heterocycles. The number of hydrogen-bond acceptors (Lipinski definition) is 3. The second-order valence-corrected chi connectivity index (χ2v) is 7.97. The van der Waals surface area contributed by atoms with Gasteiger partial charge in [0.05, 0.1) is 6.20 Å². The summed E-state index contributed by atoms with van der Waals surface area (Å²) in [7, 11) is 0. The molecule has 0 radical (unpaired) electrons. The van der Waals surface area contributed by atoms with Crippen LogP contribution in [-0.4, -0.2) is 20.5 Å². The van der Waals surface area contributed by atoms with Crippen LogP contribution < -0.4 is 5.32 Å². The molecule has 6 heteroatoms. The van der Waals surface area contributed by atoms with Crippen LogP contribution in [0.1, 0.15) is 44.0 Å². The van der Waals surface area contributed by atoms with Crippen molar-refractivity contribution in [1.82, 2.24) is 19.9 Å². The quantitative estimate of drug-likeness (QED) is 0.505. The molecule has 0 fully saturated rings. The molecule has 2 heterocycles. The minimum absolute atomic E-state index is 0.181. The number of carbonyl (C=O) groups is 1. The molecule has 0 spiro atoms. The second kappa shape index (κ2) is 8.28. The number of amides is 1. The Kier molecular flexibility index (Phi) is 5.55. The van der Waals surface area contributed by atoms with Gasteiger partial charge in [0.1, 0.15) is 5.56 Å². The largest absolute Gasteiger partial charge is 0.348 e. The minimum Gasteiger partial charge on any atom is -0.348 e. The number of aromatic nitrogens is 3. The van der Waals surface area contributed by atoms with Crippen LogP contribution in [0, 0.1) is 20.8 Å². The lowest BCUT2D eigenvalue weighted by Gasteiger charge is -2.12. The molecule has 4 rings (SSSR count). The van der Waals surface area contributed by atoms with Crippen molar-refractivity contribution >= 4 is 23.2 Å². The van der Waals surface area contributed by atoms with Crippen LogP contribution >= 0.6 is 11.6 Å². The highest BCUT2D eigenvalue weighted by Crippen LogP contribution is 2.21. The Balaban J connectivity index is 1.60. The first-order valence-corrected chi connectivity index (χ1v) is 10.2. The van der Waals surface area contributed by atoms with E-state index >= 15 is 0 Å². The Morgan fingerprint density at radius 2 is 1.83 bits per heavy atom. The minimum atomic E-state index is -0.181. The van der Waals surface area contributed by atoms with Crippen molar-refractivity contribution in [3.8, 4) is 0 Å². The van der Waals surface area contributed by atoms with Crippen LogP contribution in [0.15, 0.2) is 54.7 Å². The van der Waals surface area contributed by atoms with E-state index in [4.69, 9.17) is 16.6 Å². The average Bonchev–Trinajstić information content (AvgIpc) is 3.14. The highest BCUT2D eigenvalue weighted by atomic mass is 35.5. The summed E-state index contributed by atoms with van der Waals surface area (Å²) in [4.78, 5) is 17.5. The number of carbonyl (C=O) groups excluding carboxylic acids is 1. The third-order valence-corrected chi connectivity index (χ3v) is 5.53. The molecule has 0 bridgehead atoms. The molecule has 2 aromatic carbocycles. The lowest BCUT2D eigenvalue weighted by Crippen LogP contribution is -2.23. The van der Waals surface area contributed by atoms with Crippen LogP contribution in [0.2, 0.25) is 5.02 Å². The molecular weight excluding hydrogens is 396 g/mol. The lowest BCUT2D eigenvalue weighted by molar-refractivity contribution is 0.0952. The van der Waals surface area contributed by atoms with Gasteiger partial charge in [0.15, 0.2) is 5.65 Å². The Bertz CT molecular complexity index is 1230. The molecule has 0 saturated carbocycles. The summed E-state index contributed by atoms with van der Waals surface area (Å²) in [5.41, 5.74) is 7.33. The Morgan fingerprint density at radius 1 is 1.07 bits per heavy atom. The van der Waals surface area contributed by atoms with Crippen LogP contribution in [0.5, 0.6) is 0 Å². The topological polar surface area (TPSA) is 59.3 Å². The fourth-order valence-corrected chi connectivity index (χ4v) is 3.77. The van der Waals surface area contributed by atoms with Crippen molar-refractivity contribution in [1.29, 1.82) is 0 Å². The molecule has 30 heavy (non-hydrogen) atoms. The SMILES string of the molecule is Cc1ccc(CNC(=O)c2cnn3c(C)c(Cc4cccc(Cl)c4)c(C)nc23)cc1. The zero-order valence-corrected chi connectivity index (χ0v) is 18.0. The van der Waals surface area contributed by atoms with E-state index in [9.17, 15) is 4.79 Å². The van der Waals surface area contributed by atoms with E-state index in [1.165, 1.54) is 5.56 Å². The first-order chi connectivity index (χ1) is 14.4. The van der Waals surface area contributed by atoms with Gasteiger partial charge in [0, 0.05) is 29.4 Å². The number of nitrogens with zero attached hydrogens (tertiary/aromatic N) is 3. The number of rotatable bonds is 5. The van der Waals surface area contributed by atoms with Crippen molar-refractivity contribution in [2.45, 2.75) is 33.7 Å². The van der Waals surface area contributed by atoms with E-state index in [0.717, 1.165) is 28.1 Å². The number of hydrogen-bond donors (Lipinski definition) is 1. The molecule has 0 unspecified atom stereocenters. The Labute approximate surface area is 180 Å². The van der Waals surface area contributed by atoms with Gasteiger partial charge in [-0.2, -0.15) is 5.10 Å². The molecule has 1 amide bonds. The zero-order chi connectivity index (χ0) is 21.3. The predicted molar refractivity (Wildman–Crippen MR) is 119 cm³/mol. The number of nitrogens with one attached hydrogen (secondary N) is 1. The molecule has 2 aromatic heterocycles. The van der Waals surface area contributed by atoms with Crippen molar-refractivity contribution in [3.63, 3.8) is 0 Å². The van der Waals surface area contributed by atoms with Crippen molar-refractivity contribution in [3.05, 3.63) is 99.0 Å². The van der Waals surface area contributed by atoms with Gasteiger partial charge in [-0.15, -0.1) is 0 Å². The molecule has 152 valence electrons. The van der Waals surface area contributed by atoms with Gasteiger partial charge in [-0.1, -0.05) is 53.6 Å². The van der Waals surface area contributed by atoms with Crippen molar-refractivity contribution in [2.75, 3.05) is 0 Å². The standard InChI is InChI=1S/C24H23ClN4O/c1-15-7-9-18(10-8-15)13-26-24(30)22-14-27-29-17(3)21(16(2)28-23(22)29)12-19-5-4-6-20(25)11-19/h4-11,14H,12-13H2,1-3H3,(H,26,30). The van der Waals surface area contributed by atoms with E-state index in [1.807, 2.05) is 69.3 Å². The van der Waals surface area contributed by atoms with Crippen LogP contribution in [0.4, 0.5) is 0 Å². The van der Waals surface area contributed by atoms with Gasteiger partial charge < -0.3 is 5.32 Å². The third kappa shape index (κ3) is 4.07. The average molecular weight is 419 g/mol. The Hall–Kier alpha value is -3.18. The third-order valence-electron chi connectivity index (χ3n) is 5.30. The molecule has 4 aromatic rings. The fourth-order valence-electron chi connectivity index (χ4n) is 3.56. The molecule has 1 N–H and O–H groups in total. The molecule has 0 aliphatic carbocycles. The van der Waals surface area contributed by atoms with Crippen LogP contribution in [0.25, 0.3) is 5.65 Å². The second-order valence-electron chi connectivity index (χ2n) is 7.53. The summed E-state index contributed by atoms with van der Waals surface area (Å²) in [5, 5.41) is 8.11. The highest BCUT2D eigenvalue weighted by molar-refractivity contribution is 6.30. The van der Waals surface area contributed by atoms with E-state index < -0.39 is 0 Å². The Morgan fingerprint density at radius 3 is 2.57 bits per heavy atom. The van der Waals surface area contributed by atoms with E-state index in [0.29, 0.717) is 29.2 Å². The van der Waals surface area contributed by atoms with Gasteiger partial charge in [-0.05, 0) is 49.6 Å². The first kappa shape index (κ1) is 20.1. The zero-order valence-electron chi connectivity index (χ0n) is 17.2. The molecular formula is C24H23ClN4O. The number of benzene rings is 2. The van der Waals surface area contributed by atoms with Crippen LogP contribution in [-0.2, 0) is 13.0 Å². The van der Waals surface area contributed by atoms with Gasteiger partial charge in [0.2, 0.25) is 0 Å². The van der Waals surface area contributed by atoms with Gasteiger partial charge >= 0.3 is 0 Å². The van der Waals surface area contributed by atoms with Crippen molar-refractivity contribution in [2.24, 2.45) is 0 Å². The van der Waals surface area contributed by atoms with Gasteiger partial charge in [-0.25, -0.2) is 9.50 Å². The maximum Gasteiger partial charge on any atom is 0.257 e. The normalized spacial score (nSPS) is 11.1. The smallest absolute Gasteiger partial charge is 0.257 e. The summed E-state index contributed by atoms with van der Waals surface area (Å²) in [6.45, 7) is 6.47. The van der Waals surface area contributed by atoms with E-state index in [2.05, 4.69) is 10.4 Å². The first-order valence-electron chi connectivity index (χ1n) is 9.84. The van der Waals surface area contributed by atoms with E-state index in [1.54, 1.807) is 10.7 Å². The fraction of sp³-hybridized carbons (Fsp3) is 0.208.